The first-order valence-corrected chi connectivity index (χ1v) is 6.91. The molecular weight excluding hydrogens is 240 g/mol. The van der Waals surface area contributed by atoms with Gasteiger partial charge in [-0.3, -0.25) is 4.68 Å². The van der Waals surface area contributed by atoms with Crippen LogP contribution in [-0.2, 0) is 7.05 Å². The highest BCUT2D eigenvalue weighted by molar-refractivity contribution is 5.86. The van der Waals surface area contributed by atoms with Gasteiger partial charge in [0.2, 0.25) is 0 Å². The molecule has 2 aromatic heterocycles. The maximum atomic E-state index is 4.52. The van der Waals surface area contributed by atoms with Gasteiger partial charge in [0.05, 0.1) is 11.6 Å². The number of hydrogen-bond acceptors (Lipinski definition) is 5. The summed E-state index contributed by atoms with van der Waals surface area (Å²) in [4.78, 5) is 11.2. The van der Waals surface area contributed by atoms with Crippen LogP contribution in [0.2, 0.25) is 0 Å². The summed E-state index contributed by atoms with van der Waals surface area (Å²) in [6.45, 7) is 5.35. The molecule has 1 aliphatic rings. The molecule has 2 aromatic rings. The lowest BCUT2D eigenvalue weighted by Gasteiger charge is -2.29. The Morgan fingerprint density at radius 1 is 1.47 bits per heavy atom. The molecule has 0 radical (unpaired) electrons. The van der Waals surface area contributed by atoms with Crippen molar-refractivity contribution in [3.8, 4) is 0 Å². The first-order valence-electron chi connectivity index (χ1n) is 6.91. The van der Waals surface area contributed by atoms with Gasteiger partial charge >= 0.3 is 0 Å². The number of aromatic nitrogens is 4. The van der Waals surface area contributed by atoms with Crippen molar-refractivity contribution < 1.29 is 0 Å². The van der Waals surface area contributed by atoms with Crippen molar-refractivity contribution in [1.82, 2.24) is 25.1 Å². The van der Waals surface area contributed by atoms with Gasteiger partial charge in [-0.25, -0.2) is 9.97 Å². The van der Waals surface area contributed by atoms with Crippen molar-refractivity contribution in [2.45, 2.75) is 25.8 Å². The largest absolute Gasteiger partial charge is 0.352 e. The molecule has 1 aliphatic heterocycles. The normalized spacial score (nSPS) is 19.2. The van der Waals surface area contributed by atoms with Crippen LogP contribution < -0.4 is 10.2 Å². The third kappa shape index (κ3) is 2.16. The van der Waals surface area contributed by atoms with Crippen LogP contribution in [0, 0.1) is 0 Å². The van der Waals surface area contributed by atoms with Gasteiger partial charge in [0, 0.05) is 26.2 Å². The standard InChI is InChI=1S/C13H20N6/c1-3-6-19(10-4-5-14-7-10)13-11-8-17-18(2)12(11)15-9-16-13/h8-10,14H,3-7H2,1-2H3. The highest BCUT2D eigenvalue weighted by atomic mass is 15.3. The number of fused-ring (bicyclic) bond motifs is 1. The monoisotopic (exact) mass is 260 g/mol. The van der Waals surface area contributed by atoms with E-state index in [0.29, 0.717) is 6.04 Å². The summed E-state index contributed by atoms with van der Waals surface area (Å²) in [7, 11) is 1.92. The molecule has 0 amide bonds. The van der Waals surface area contributed by atoms with Crippen molar-refractivity contribution in [3.05, 3.63) is 12.5 Å². The van der Waals surface area contributed by atoms with Crippen LogP contribution in [0.15, 0.2) is 12.5 Å². The van der Waals surface area contributed by atoms with Gasteiger partial charge in [-0.15, -0.1) is 0 Å². The average molecular weight is 260 g/mol. The van der Waals surface area contributed by atoms with Crippen LogP contribution >= 0.6 is 0 Å². The molecule has 0 aliphatic carbocycles. The average Bonchev–Trinajstić information content (AvgIpc) is 3.06. The maximum Gasteiger partial charge on any atom is 0.163 e. The van der Waals surface area contributed by atoms with Gasteiger partial charge in [0.1, 0.15) is 12.1 Å². The Labute approximate surface area is 112 Å². The summed E-state index contributed by atoms with van der Waals surface area (Å²) in [5.41, 5.74) is 0.900. The summed E-state index contributed by atoms with van der Waals surface area (Å²) < 4.78 is 1.80. The molecule has 19 heavy (non-hydrogen) atoms. The van der Waals surface area contributed by atoms with Crippen molar-refractivity contribution in [1.29, 1.82) is 0 Å². The Kier molecular flexibility index (Phi) is 3.33. The van der Waals surface area contributed by atoms with E-state index < -0.39 is 0 Å². The van der Waals surface area contributed by atoms with Crippen molar-refractivity contribution in [3.63, 3.8) is 0 Å². The Balaban J connectivity index is 2.03. The minimum atomic E-state index is 0.526. The number of nitrogens with one attached hydrogen (secondary N) is 1. The predicted octanol–water partition coefficient (Wildman–Crippen LogP) is 0.942. The lowest BCUT2D eigenvalue weighted by atomic mass is 10.2. The molecule has 6 nitrogen and oxygen atoms in total. The zero-order chi connectivity index (χ0) is 13.2. The predicted molar refractivity (Wildman–Crippen MR) is 75.2 cm³/mol. The van der Waals surface area contributed by atoms with Crippen LogP contribution in [0.25, 0.3) is 11.0 Å². The Bertz CT molecular complexity index is 557. The van der Waals surface area contributed by atoms with Crippen LogP contribution in [0.4, 0.5) is 5.82 Å². The highest BCUT2D eigenvalue weighted by Crippen LogP contribution is 2.25. The summed E-state index contributed by atoms with van der Waals surface area (Å²) in [5, 5.41) is 8.77. The van der Waals surface area contributed by atoms with Crippen molar-refractivity contribution in [2.75, 3.05) is 24.5 Å². The minimum Gasteiger partial charge on any atom is -0.352 e. The van der Waals surface area contributed by atoms with E-state index in [4.69, 9.17) is 0 Å². The fourth-order valence-electron chi connectivity index (χ4n) is 2.79. The lowest BCUT2D eigenvalue weighted by molar-refractivity contribution is 0.620. The number of hydrogen-bond donors (Lipinski definition) is 1. The Morgan fingerprint density at radius 2 is 2.37 bits per heavy atom. The van der Waals surface area contributed by atoms with Crippen molar-refractivity contribution in [2.24, 2.45) is 7.05 Å². The quantitative estimate of drug-likeness (QED) is 0.886. The fourth-order valence-corrected chi connectivity index (χ4v) is 2.79. The van der Waals surface area contributed by atoms with Gasteiger partial charge in [0.15, 0.2) is 5.65 Å². The van der Waals surface area contributed by atoms with E-state index in [2.05, 4.69) is 32.2 Å². The Morgan fingerprint density at radius 3 is 3.11 bits per heavy atom. The second-order valence-corrected chi connectivity index (χ2v) is 5.04. The van der Waals surface area contributed by atoms with Gasteiger partial charge in [-0.2, -0.15) is 5.10 Å². The highest BCUT2D eigenvalue weighted by Gasteiger charge is 2.25. The van der Waals surface area contributed by atoms with E-state index in [1.54, 1.807) is 11.0 Å². The Hall–Kier alpha value is -1.69. The smallest absolute Gasteiger partial charge is 0.163 e. The molecule has 1 N–H and O–H groups in total. The molecule has 3 heterocycles. The maximum absolute atomic E-state index is 4.52. The summed E-state index contributed by atoms with van der Waals surface area (Å²) in [6, 6.07) is 0.526. The molecule has 0 spiro atoms. The molecule has 102 valence electrons. The number of aryl methyl sites for hydroxylation is 1. The first kappa shape index (κ1) is 12.3. The fraction of sp³-hybridized carbons (Fsp3) is 0.615. The second-order valence-electron chi connectivity index (χ2n) is 5.04. The van der Waals surface area contributed by atoms with Gasteiger partial charge in [0.25, 0.3) is 0 Å². The van der Waals surface area contributed by atoms with Crippen LogP contribution in [0.5, 0.6) is 0 Å². The third-order valence-electron chi connectivity index (χ3n) is 3.72. The molecule has 1 atom stereocenters. The molecule has 6 heteroatoms. The summed E-state index contributed by atoms with van der Waals surface area (Å²) in [5.74, 6) is 1.02. The topological polar surface area (TPSA) is 58.9 Å². The molecular formula is C13H20N6. The van der Waals surface area contributed by atoms with Crippen LogP contribution in [0.3, 0.4) is 0 Å². The van der Waals surface area contributed by atoms with E-state index >= 15 is 0 Å². The SMILES string of the molecule is CCCN(c1ncnc2c1cnn2C)C1CCNC1. The number of rotatable bonds is 4. The van der Waals surface area contributed by atoms with Crippen molar-refractivity contribution >= 4 is 16.9 Å². The van der Waals surface area contributed by atoms with Crippen LogP contribution in [-0.4, -0.2) is 45.4 Å². The van der Waals surface area contributed by atoms with Gasteiger partial charge in [-0.05, 0) is 19.4 Å². The molecule has 1 unspecified atom stereocenters. The minimum absolute atomic E-state index is 0.526. The van der Waals surface area contributed by atoms with E-state index in [9.17, 15) is 0 Å². The molecule has 1 saturated heterocycles. The molecule has 0 aromatic carbocycles. The van der Waals surface area contributed by atoms with Gasteiger partial charge < -0.3 is 10.2 Å². The van der Waals surface area contributed by atoms with E-state index in [1.165, 1.54) is 6.42 Å². The van der Waals surface area contributed by atoms with Crippen LogP contribution in [0.1, 0.15) is 19.8 Å². The van der Waals surface area contributed by atoms with E-state index in [1.807, 2.05) is 13.2 Å². The van der Waals surface area contributed by atoms with E-state index in [0.717, 1.165) is 42.9 Å². The zero-order valence-corrected chi connectivity index (χ0v) is 11.5. The third-order valence-corrected chi connectivity index (χ3v) is 3.72. The number of anilines is 1. The van der Waals surface area contributed by atoms with E-state index in [-0.39, 0.29) is 0 Å². The zero-order valence-electron chi connectivity index (χ0n) is 11.5. The summed E-state index contributed by atoms with van der Waals surface area (Å²) in [6.07, 6.45) is 5.80. The summed E-state index contributed by atoms with van der Waals surface area (Å²) >= 11 is 0. The first-order chi connectivity index (χ1) is 9.31. The number of nitrogens with zero attached hydrogens (tertiary/aromatic N) is 5. The molecule has 1 fully saturated rings. The molecule has 3 rings (SSSR count). The molecule has 0 bridgehead atoms. The second kappa shape index (κ2) is 5.13. The lowest BCUT2D eigenvalue weighted by Crippen LogP contribution is -2.38. The van der Waals surface area contributed by atoms with Gasteiger partial charge in [-0.1, -0.05) is 6.92 Å². The molecule has 0 saturated carbocycles.